The minimum absolute atomic E-state index is 0.333. The second kappa shape index (κ2) is 7.57. The Balaban J connectivity index is 2.08. The zero-order valence-corrected chi connectivity index (χ0v) is 12.2. The van der Waals surface area contributed by atoms with E-state index >= 15 is 0 Å². The summed E-state index contributed by atoms with van der Waals surface area (Å²) in [6, 6.07) is 7.57. The van der Waals surface area contributed by atoms with E-state index < -0.39 is 6.37 Å². The molecule has 1 unspecified atom stereocenters. The maximum Gasteiger partial charge on any atom is 0.118 e. The minimum Gasteiger partial charge on any atom is -0.497 e. The molecule has 0 aliphatic heterocycles. The summed E-state index contributed by atoms with van der Waals surface area (Å²) in [6.07, 6.45) is 4.39. The lowest BCUT2D eigenvalue weighted by Crippen LogP contribution is -2.13. The highest BCUT2D eigenvalue weighted by Crippen LogP contribution is 2.38. The molecule has 1 nitrogen and oxygen atoms in total. The molecule has 0 N–H and O–H groups in total. The molecular formula is C18H28O. The summed E-state index contributed by atoms with van der Waals surface area (Å²) >= 11 is 0. The number of hydrogen-bond donors (Lipinski definition) is 0. The number of hydrogen-bond acceptors (Lipinski definition) is 1. The first-order chi connectivity index (χ1) is 10.5. The van der Waals surface area contributed by atoms with Crippen LogP contribution in [0.1, 0.15) is 73.8 Å². The third-order valence-corrected chi connectivity index (χ3v) is 4.02. The standard InChI is InChI=1S/C18H28O/c1-3-4-5-6-15-7-9-16(10-8-15)17-11-13-18(19-2)14-12-17/h11-16H,3-10H2,1-2H3/t15-,16-/i9D,10D2/t9?,15-,16-/m0/s1. The number of rotatable bonds is 6. The van der Waals surface area contributed by atoms with Gasteiger partial charge in [-0.3, -0.25) is 0 Å². The molecule has 0 aromatic heterocycles. The van der Waals surface area contributed by atoms with E-state index in [2.05, 4.69) is 6.92 Å². The molecule has 1 aromatic carbocycles. The molecule has 1 saturated carbocycles. The highest BCUT2D eigenvalue weighted by Gasteiger charge is 2.21. The third kappa shape index (κ3) is 4.26. The van der Waals surface area contributed by atoms with Gasteiger partial charge in [-0.2, -0.15) is 0 Å². The van der Waals surface area contributed by atoms with Crippen molar-refractivity contribution < 1.29 is 8.85 Å². The summed E-state index contributed by atoms with van der Waals surface area (Å²) in [7, 11) is 1.63. The lowest BCUT2D eigenvalue weighted by molar-refractivity contribution is 0.302. The monoisotopic (exact) mass is 263 g/mol. The Morgan fingerprint density at radius 1 is 1.21 bits per heavy atom. The van der Waals surface area contributed by atoms with Crippen LogP contribution < -0.4 is 4.74 Å². The molecule has 0 bridgehead atoms. The smallest absolute Gasteiger partial charge is 0.118 e. The number of methoxy groups -OCH3 is 1. The fraction of sp³-hybridized carbons (Fsp3) is 0.667. The first kappa shape index (κ1) is 10.8. The van der Waals surface area contributed by atoms with Crippen LogP contribution in [-0.4, -0.2) is 7.11 Å². The predicted octanol–water partition coefficient (Wildman–Crippen LogP) is 5.55. The van der Waals surface area contributed by atoms with Crippen molar-refractivity contribution >= 4 is 0 Å². The van der Waals surface area contributed by atoms with Gasteiger partial charge in [0.2, 0.25) is 0 Å². The lowest BCUT2D eigenvalue weighted by Gasteiger charge is -2.29. The molecular weight excluding hydrogens is 232 g/mol. The first-order valence-electron chi connectivity index (χ1n) is 9.12. The fourth-order valence-electron chi connectivity index (χ4n) is 2.76. The van der Waals surface area contributed by atoms with E-state index in [0.717, 1.165) is 30.6 Å². The van der Waals surface area contributed by atoms with Crippen LogP contribution in [0.5, 0.6) is 5.75 Å². The Hall–Kier alpha value is -0.980. The van der Waals surface area contributed by atoms with E-state index in [9.17, 15) is 0 Å². The van der Waals surface area contributed by atoms with Gasteiger partial charge in [-0.25, -0.2) is 0 Å². The van der Waals surface area contributed by atoms with Crippen LogP contribution in [0.4, 0.5) is 0 Å². The molecule has 106 valence electrons. The van der Waals surface area contributed by atoms with Gasteiger partial charge in [0.1, 0.15) is 5.75 Å². The molecule has 0 saturated heterocycles. The van der Waals surface area contributed by atoms with Crippen molar-refractivity contribution in [3.05, 3.63) is 29.8 Å². The molecule has 1 aromatic rings. The summed E-state index contributed by atoms with van der Waals surface area (Å²) in [6.45, 7) is 2.19. The highest BCUT2D eigenvalue weighted by molar-refractivity contribution is 5.29. The van der Waals surface area contributed by atoms with Crippen LogP contribution in [0.15, 0.2) is 24.3 Å². The molecule has 1 aliphatic carbocycles. The second-order valence-corrected chi connectivity index (χ2v) is 5.49. The van der Waals surface area contributed by atoms with Gasteiger partial charge in [0.25, 0.3) is 0 Å². The summed E-state index contributed by atoms with van der Waals surface area (Å²) in [4.78, 5) is 0. The number of benzene rings is 1. The topological polar surface area (TPSA) is 9.23 Å². The van der Waals surface area contributed by atoms with Gasteiger partial charge in [-0.15, -0.1) is 0 Å². The molecule has 0 heterocycles. The summed E-state index contributed by atoms with van der Waals surface area (Å²) in [5.41, 5.74) is 0.929. The molecule has 1 fully saturated rings. The Kier molecular flexibility index (Phi) is 4.29. The van der Waals surface area contributed by atoms with E-state index in [1.165, 1.54) is 12.8 Å². The van der Waals surface area contributed by atoms with Crippen molar-refractivity contribution in [2.75, 3.05) is 7.11 Å². The van der Waals surface area contributed by atoms with E-state index in [1.807, 2.05) is 24.3 Å². The van der Waals surface area contributed by atoms with Crippen LogP contribution in [0.2, 0.25) is 0 Å². The third-order valence-electron chi connectivity index (χ3n) is 4.02. The lowest BCUT2D eigenvalue weighted by atomic mass is 9.77. The molecule has 0 spiro atoms. The van der Waals surface area contributed by atoms with E-state index in [0.29, 0.717) is 12.3 Å². The van der Waals surface area contributed by atoms with Crippen molar-refractivity contribution in [2.45, 2.75) is 64.1 Å². The zero-order chi connectivity index (χ0) is 16.2. The SMILES string of the molecule is [2H]C1C[C@H](CCCCC)CC([2H])([2H])[C@H]1c1ccc(OC)cc1. The molecule has 0 radical (unpaired) electrons. The number of unbranched alkanes of at least 4 members (excludes halogenated alkanes) is 2. The average molecular weight is 263 g/mol. The van der Waals surface area contributed by atoms with Gasteiger partial charge in [-0.05, 0) is 55.1 Å². The molecule has 19 heavy (non-hydrogen) atoms. The van der Waals surface area contributed by atoms with Gasteiger partial charge >= 0.3 is 0 Å². The Labute approximate surface area is 122 Å². The van der Waals surface area contributed by atoms with Crippen LogP contribution in [0.3, 0.4) is 0 Å². The van der Waals surface area contributed by atoms with Crippen molar-refractivity contribution in [2.24, 2.45) is 5.92 Å². The van der Waals surface area contributed by atoms with Crippen LogP contribution >= 0.6 is 0 Å². The normalized spacial score (nSPS) is 32.1. The van der Waals surface area contributed by atoms with Crippen LogP contribution in [-0.2, 0) is 0 Å². The molecule has 1 heteroatoms. The minimum atomic E-state index is -1.30. The van der Waals surface area contributed by atoms with Gasteiger partial charge in [0.05, 0.1) is 7.11 Å². The van der Waals surface area contributed by atoms with Crippen molar-refractivity contribution in [3.63, 3.8) is 0 Å². The molecule has 0 amide bonds. The van der Waals surface area contributed by atoms with E-state index in [-0.39, 0.29) is 12.3 Å². The van der Waals surface area contributed by atoms with Gasteiger partial charge in [-0.1, -0.05) is 44.7 Å². The average Bonchev–Trinajstić information content (AvgIpc) is 2.46. The summed E-state index contributed by atoms with van der Waals surface area (Å²) < 4.78 is 30.6. The Bertz CT molecular complexity index is 458. The summed E-state index contributed by atoms with van der Waals surface area (Å²) in [5, 5.41) is 0. The molecule has 2 rings (SSSR count). The largest absolute Gasteiger partial charge is 0.497 e. The predicted molar refractivity (Wildman–Crippen MR) is 81.8 cm³/mol. The maximum atomic E-state index is 8.48. The van der Waals surface area contributed by atoms with Gasteiger partial charge in [0.15, 0.2) is 0 Å². The van der Waals surface area contributed by atoms with E-state index in [1.54, 1.807) is 7.11 Å². The van der Waals surface area contributed by atoms with E-state index in [4.69, 9.17) is 8.85 Å². The highest BCUT2D eigenvalue weighted by atomic mass is 16.5. The first-order valence-corrected chi connectivity index (χ1v) is 7.54. The van der Waals surface area contributed by atoms with Gasteiger partial charge < -0.3 is 4.74 Å². The maximum absolute atomic E-state index is 8.48. The fourth-order valence-corrected chi connectivity index (χ4v) is 2.76. The van der Waals surface area contributed by atoms with Crippen LogP contribution in [0, 0.1) is 5.92 Å². The summed E-state index contributed by atoms with van der Waals surface area (Å²) in [5.74, 6) is 0.804. The zero-order valence-electron chi connectivity index (χ0n) is 15.2. The Morgan fingerprint density at radius 2 is 2.00 bits per heavy atom. The second-order valence-electron chi connectivity index (χ2n) is 5.49. The van der Waals surface area contributed by atoms with Crippen molar-refractivity contribution in [1.29, 1.82) is 0 Å². The molecule has 3 atom stereocenters. The number of ether oxygens (including phenoxy) is 1. The van der Waals surface area contributed by atoms with Crippen molar-refractivity contribution in [1.82, 2.24) is 0 Å². The van der Waals surface area contributed by atoms with Crippen LogP contribution in [0.25, 0.3) is 0 Å². The Morgan fingerprint density at radius 3 is 2.63 bits per heavy atom. The molecule has 1 aliphatic rings. The van der Waals surface area contributed by atoms with Crippen molar-refractivity contribution in [3.8, 4) is 5.75 Å². The quantitative estimate of drug-likeness (QED) is 0.611. The van der Waals surface area contributed by atoms with Gasteiger partial charge in [0, 0.05) is 4.11 Å².